The Bertz CT molecular complexity index is 522. The van der Waals surface area contributed by atoms with Crippen LogP contribution < -0.4 is 5.32 Å². The lowest BCUT2D eigenvalue weighted by Gasteiger charge is -2.18. The Morgan fingerprint density at radius 3 is 2.67 bits per heavy atom. The Labute approximate surface area is 119 Å². The maximum Gasteiger partial charge on any atom is 0.140 e. The van der Waals surface area contributed by atoms with Gasteiger partial charge in [-0.05, 0) is 27.6 Å². The Hall–Kier alpha value is -1.10. The molecule has 1 unspecified atom stereocenters. The molecule has 1 atom stereocenters. The van der Waals surface area contributed by atoms with Crippen molar-refractivity contribution in [3.63, 3.8) is 0 Å². The van der Waals surface area contributed by atoms with Gasteiger partial charge in [0.2, 0.25) is 0 Å². The van der Waals surface area contributed by atoms with E-state index in [-0.39, 0.29) is 12.6 Å². The van der Waals surface area contributed by atoms with Gasteiger partial charge in [-0.25, -0.2) is 4.98 Å². The summed E-state index contributed by atoms with van der Waals surface area (Å²) in [5.41, 5.74) is 1.00. The molecule has 2 aromatic rings. The average molecular weight is 328 g/mol. The lowest BCUT2D eigenvalue weighted by molar-refractivity contribution is 0.276. The first-order valence-corrected chi connectivity index (χ1v) is 6.61. The van der Waals surface area contributed by atoms with Crippen molar-refractivity contribution in [3.8, 4) is 0 Å². The number of nitrogens with zero attached hydrogens (tertiary/aromatic N) is 1. The van der Waals surface area contributed by atoms with Crippen molar-refractivity contribution in [1.82, 2.24) is 4.98 Å². The highest BCUT2D eigenvalue weighted by Gasteiger charge is 2.12. The lowest BCUT2D eigenvalue weighted by atomic mass is 10.1. The summed E-state index contributed by atoms with van der Waals surface area (Å²) < 4.78 is 0.768. The minimum atomic E-state index is -0.198. The van der Waals surface area contributed by atoms with Crippen LogP contribution in [0.5, 0.6) is 0 Å². The molecule has 2 N–H and O–H groups in total. The molecule has 0 spiro atoms. The molecule has 1 aromatic heterocycles. The number of hydrogen-bond acceptors (Lipinski definition) is 3. The molecular formula is C13H12BrClN2O. The van der Waals surface area contributed by atoms with E-state index in [9.17, 15) is 5.11 Å². The maximum atomic E-state index is 9.45. The lowest BCUT2D eigenvalue weighted by Crippen LogP contribution is -2.15. The fourth-order valence-corrected chi connectivity index (χ4v) is 2.36. The molecule has 1 heterocycles. The van der Waals surface area contributed by atoms with Gasteiger partial charge in [-0.2, -0.15) is 0 Å². The minimum Gasteiger partial charge on any atom is -0.394 e. The van der Waals surface area contributed by atoms with Crippen LogP contribution in [0.2, 0.25) is 5.02 Å². The molecule has 1 aromatic carbocycles. The summed E-state index contributed by atoms with van der Waals surface area (Å²) in [5.74, 6) is 0.655. The van der Waals surface area contributed by atoms with Crippen molar-refractivity contribution in [3.05, 3.63) is 57.7 Å². The van der Waals surface area contributed by atoms with Crippen molar-refractivity contribution >= 4 is 33.3 Å². The quantitative estimate of drug-likeness (QED) is 0.901. The predicted molar refractivity (Wildman–Crippen MR) is 76.8 cm³/mol. The van der Waals surface area contributed by atoms with E-state index in [0.29, 0.717) is 10.8 Å². The normalized spacial score (nSPS) is 12.2. The van der Waals surface area contributed by atoms with E-state index in [0.717, 1.165) is 10.0 Å². The van der Waals surface area contributed by atoms with Gasteiger partial charge in [0.05, 0.1) is 22.1 Å². The highest BCUT2D eigenvalue weighted by molar-refractivity contribution is 9.10. The molecule has 94 valence electrons. The number of anilines is 1. The summed E-state index contributed by atoms with van der Waals surface area (Å²) in [4.78, 5) is 4.19. The molecule has 0 radical (unpaired) electrons. The zero-order chi connectivity index (χ0) is 13.0. The van der Waals surface area contributed by atoms with Crippen LogP contribution in [0.4, 0.5) is 5.82 Å². The number of rotatable bonds is 4. The van der Waals surface area contributed by atoms with Crippen LogP contribution in [0.1, 0.15) is 11.6 Å². The number of benzene rings is 1. The van der Waals surface area contributed by atoms with Gasteiger partial charge >= 0.3 is 0 Å². The van der Waals surface area contributed by atoms with Crippen LogP contribution in [0.3, 0.4) is 0 Å². The molecule has 0 aliphatic rings. The predicted octanol–water partition coefficient (Wildman–Crippen LogP) is 3.64. The molecule has 0 aliphatic heterocycles. The Morgan fingerprint density at radius 2 is 2.06 bits per heavy atom. The van der Waals surface area contributed by atoms with E-state index in [2.05, 4.69) is 26.2 Å². The van der Waals surface area contributed by atoms with Gasteiger partial charge in [0, 0.05) is 6.20 Å². The summed E-state index contributed by atoms with van der Waals surface area (Å²) in [5, 5.41) is 13.2. The van der Waals surface area contributed by atoms with E-state index >= 15 is 0 Å². The molecule has 2 rings (SSSR count). The van der Waals surface area contributed by atoms with Crippen LogP contribution in [-0.4, -0.2) is 16.7 Å². The van der Waals surface area contributed by atoms with E-state index in [1.807, 2.05) is 30.3 Å². The third-order valence-electron chi connectivity index (χ3n) is 2.50. The number of aromatic nitrogens is 1. The second-order valence-corrected chi connectivity index (χ2v) is 5.06. The first-order chi connectivity index (χ1) is 8.70. The van der Waals surface area contributed by atoms with Gasteiger partial charge in [0.25, 0.3) is 0 Å². The molecular weight excluding hydrogens is 316 g/mol. The second-order valence-electron chi connectivity index (χ2n) is 3.77. The molecule has 0 fully saturated rings. The largest absolute Gasteiger partial charge is 0.394 e. The van der Waals surface area contributed by atoms with Crippen LogP contribution in [0.15, 0.2) is 47.1 Å². The zero-order valence-corrected chi connectivity index (χ0v) is 11.8. The molecule has 0 saturated heterocycles. The van der Waals surface area contributed by atoms with E-state index in [1.165, 1.54) is 0 Å². The highest BCUT2D eigenvalue weighted by Crippen LogP contribution is 2.26. The van der Waals surface area contributed by atoms with E-state index in [1.54, 1.807) is 12.3 Å². The smallest absolute Gasteiger partial charge is 0.140 e. The average Bonchev–Trinajstić information content (AvgIpc) is 2.39. The van der Waals surface area contributed by atoms with Gasteiger partial charge in [-0.15, -0.1) is 0 Å². The molecule has 0 bridgehead atoms. The van der Waals surface area contributed by atoms with Crippen molar-refractivity contribution in [2.45, 2.75) is 6.04 Å². The maximum absolute atomic E-state index is 9.45. The van der Waals surface area contributed by atoms with Crippen molar-refractivity contribution < 1.29 is 5.11 Å². The fourth-order valence-electron chi connectivity index (χ4n) is 1.61. The number of nitrogens with one attached hydrogen (secondary N) is 1. The van der Waals surface area contributed by atoms with Crippen LogP contribution in [0, 0.1) is 0 Å². The molecule has 0 amide bonds. The summed E-state index contributed by atoms with van der Waals surface area (Å²) in [6.45, 7) is -0.0131. The molecule has 0 aliphatic carbocycles. The van der Waals surface area contributed by atoms with Gasteiger partial charge in [-0.1, -0.05) is 41.9 Å². The third kappa shape index (κ3) is 3.22. The SMILES string of the molecule is OCC(Nc1ncc(Cl)cc1Br)c1ccccc1. The van der Waals surface area contributed by atoms with Crippen molar-refractivity contribution in [2.24, 2.45) is 0 Å². The fraction of sp³-hybridized carbons (Fsp3) is 0.154. The van der Waals surface area contributed by atoms with Crippen LogP contribution >= 0.6 is 27.5 Å². The first kappa shape index (κ1) is 13.3. The summed E-state index contributed by atoms with van der Waals surface area (Å²) in [6, 6.07) is 11.3. The Kier molecular flexibility index (Phi) is 4.58. The molecule has 3 nitrogen and oxygen atoms in total. The van der Waals surface area contributed by atoms with Gasteiger partial charge in [0.15, 0.2) is 0 Å². The van der Waals surface area contributed by atoms with Crippen molar-refractivity contribution in [2.75, 3.05) is 11.9 Å². The number of aliphatic hydroxyl groups is 1. The zero-order valence-electron chi connectivity index (χ0n) is 9.48. The number of halogens is 2. The Morgan fingerprint density at radius 1 is 1.33 bits per heavy atom. The van der Waals surface area contributed by atoms with Gasteiger partial charge < -0.3 is 10.4 Å². The minimum absolute atomic E-state index is 0.0131. The van der Waals surface area contributed by atoms with E-state index < -0.39 is 0 Å². The van der Waals surface area contributed by atoms with Crippen LogP contribution in [0.25, 0.3) is 0 Å². The van der Waals surface area contributed by atoms with Crippen LogP contribution in [-0.2, 0) is 0 Å². The summed E-state index contributed by atoms with van der Waals surface area (Å²) >= 11 is 9.22. The number of hydrogen-bond donors (Lipinski definition) is 2. The number of pyridine rings is 1. The highest BCUT2D eigenvalue weighted by atomic mass is 79.9. The third-order valence-corrected chi connectivity index (χ3v) is 3.31. The van der Waals surface area contributed by atoms with E-state index in [4.69, 9.17) is 11.6 Å². The monoisotopic (exact) mass is 326 g/mol. The molecule has 5 heteroatoms. The summed E-state index contributed by atoms with van der Waals surface area (Å²) in [7, 11) is 0. The standard InChI is InChI=1S/C13H12BrClN2O/c14-11-6-10(15)7-16-13(11)17-12(8-18)9-4-2-1-3-5-9/h1-7,12,18H,8H2,(H,16,17). The van der Waals surface area contributed by atoms with Crippen molar-refractivity contribution in [1.29, 1.82) is 0 Å². The first-order valence-electron chi connectivity index (χ1n) is 5.44. The van der Waals surface area contributed by atoms with Gasteiger partial charge in [0.1, 0.15) is 5.82 Å². The molecule has 0 saturated carbocycles. The van der Waals surface area contributed by atoms with Gasteiger partial charge in [-0.3, -0.25) is 0 Å². The molecule has 18 heavy (non-hydrogen) atoms. The second kappa shape index (κ2) is 6.18. The Balaban J connectivity index is 2.21. The number of aliphatic hydroxyl groups excluding tert-OH is 1. The summed E-state index contributed by atoms with van der Waals surface area (Å²) in [6.07, 6.45) is 1.56. The topological polar surface area (TPSA) is 45.1 Å².